The van der Waals surface area contributed by atoms with Crippen LogP contribution in [-0.2, 0) is 4.74 Å². The van der Waals surface area contributed by atoms with Gasteiger partial charge in [-0.15, -0.1) is 0 Å². The first kappa shape index (κ1) is 7.03. The van der Waals surface area contributed by atoms with Crippen molar-refractivity contribution in [3.05, 3.63) is 0 Å². The van der Waals surface area contributed by atoms with E-state index in [1.807, 2.05) is 13.8 Å². The molecule has 0 spiro atoms. The fourth-order valence-corrected chi connectivity index (χ4v) is 1.17. The van der Waals surface area contributed by atoms with E-state index < -0.39 is 0 Å². The molecule has 0 bridgehead atoms. The summed E-state index contributed by atoms with van der Waals surface area (Å²) in [7, 11) is 0. The van der Waals surface area contributed by atoms with Gasteiger partial charge in [-0.05, 0) is 26.7 Å². The van der Waals surface area contributed by atoms with E-state index in [1.165, 1.54) is 0 Å². The number of aliphatic hydroxyl groups is 1. The van der Waals surface area contributed by atoms with Crippen LogP contribution in [0.2, 0.25) is 0 Å². The second-order valence-electron chi connectivity index (χ2n) is 2.80. The van der Waals surface area contributed by atoms with Crippen molar-refractivity contribution in [1.29, 1.82) is 0 Å². The molecule has 0 aromatic rings. The highest BCUT2D eigenvalue weighted by Gasteiger charge is 2.23. The molecule has 2 nitrogen and oxygen atoms in total. The van der Waals surface area contributed by atoms with Crippen LogP contribution in [0.15, 0.2) is 0 Å². The summed E-state index contributed by atoms with van der Waals surface area (Å²) < 4.78 is 5.35. The standard InChI is InChI=1S/C7H14O2/c1-5-3-4-7(8)6(2)9-5/h5-8H,3-4H2,1-2H3/t5?,6-,7+/m0/s1. The molecule has 1 heterocycles. The summed E-state index contributed by atoms with van der Waals surface area (Å²) in [6.07, 6.45) is 2.02. The summed E-state index contributed by atoms with van der Waals surface area (Å²) in [5.74, 6) is 0. The quantitative estimate of drug-likeness (QED) is 0.528. The van der Waals surface area contributed by atoms with Gasteiger partial charge in [-0.3, -0.25) is 0 Å². The van der Waals surface area contributed by atoms with Crippen LogP contribution in [0.3, 0.4) is 0 Å². The highest BCUT2D eigenvalue weighted by molar-refractivity contribution is 4.72. The number of ether oxygens (including phenoxy) is 1. The molecule has 1 fully saturated rings. The van der Waals surface area contributed by atoms with Crippen molar-refractivity contribution < 1.29 is 9.84 Å². The first-order valence-electron chi connectivity index (χ1n) is 3.53. The van der Waals surface area contributed by atoms with Gasteiger partial charge in [0.1, 0.15) is 0 Å². The molecule has 0 amide bonds. The Bertz CT molecular complexity index is 92.9. The zero-order valence-corrected chi connectivity index (χ0v) is 6.00. The normalized spacial score (nSPS) is 45.0. The lowest BCUT2D eigenvalue weighted by molar-refractivity contribution is -0.101. The molecule has 0 aliphatic carbocycles. The lowest BCUT2D eigenvalue weighted by atomic mass is 10.0. The highest BCUT2D eigenvalue weighted by atomic mass is 16.5. The SMILES string of the molecule is CC1CC[C@@H](O)[C@H](C)O1. The lowest BCUT2D eigenvalue weighted by Crippen LogP contribution is -2.35. The Morgan fingerprint density at radius 1 is 1.33 bits per heavy atom. The maximum Gasteiger partial charge on any atom is 0.0809 e. The summed E-state index contributed by atoms with van der Waals surface area (Å²) in [5.41, 5.74) is 0. The van der Waals surface area contributed by atoms with Gasteiger partial charge in [0, 0.05) is 0 Å². The average Bonchev–Trinajstić information content (AvgIpc) is 1.80. The molecule has 54 valence electrons. The fraction of sp³-hybridized carbons (Fsp3) is 1.00. The largest absolute Gasteiger partial charge is 0.390 e. The molecule has 0 aromatic heterocycles. The maximum atomic E-state index is 9.17. The molecule has 0 saturated carbocycles. The van der Waals surface area contributed by atoms with E-state index in [9.17, 15) is 5.11 Å². The van der Waals surface area contributed by atoms with Gasteiger partial charge in [-0.25, -0.2) is 0 Å². The molecular weight excluding hydrogens is 116 g/mol. The number of hydrogen-bond donors (Lipinski definition) is 1. The number of aliphatic hydroxyl groups excluding tert-OH is 1. The van der Waals surface area contributed by atoms with E-state index in [0.29, 0.717) is 6.10 Å². The van der Waals surface area contributed by atoms with Gasteiger partial charge in [0.15, 0.2) is 0 Å². The molecule has 2 heteroatoms. The third-order valence-electron chi connectivity index (χ3n) is 1.86. The van der Waals surface area contributed by atoms with Gasteiger partial charge >= 0.3 is 0 Å². The minimum absolute atomic E-state index is 0.0359. The predicted octanol–water partition coefficient (Wildman–Crippen LogP) is 0.935. The van der Waals surface area contributed by atoms with E-state index in [2.05, 4.69) is 0 Å². The van der Waals surface area contributed by atoms with Crippen molar-refractivity contribution in [1.82, 2.24) is 0 Å². The van der Waals surface area contributed by atoms with Crippen molar-refractivity contribution in [2.24, 2.45) is 0 Å². The summed E-state index contributed by atoms with van der Waals surface area (Å²) in [6, 6.07) is 0. The molecule has 1 rings (SSSR count). The minimum Gasteiger partial charge on any atom is -0.390 e. The van der Waals surface area contributed by atoms with Crippen LogP contribution in [0.1, 0.15) is 26.7 Å². The Balaban J connectivity index is 2.35. The molecule has 0 radical (unpaired) electrons. The smallest absolute Gasteiger partial charge is 0.0809 e. The van der Waals surface area contributed by atoms with Crippen LogP contribution in [0.25, 0.3) is 0 Å². The zero-order chi connectivity index (χ0) is 6.85. The van der Waals surface area contributed by atoms with Crippen LogP contribution in [0.4, 0.5) is 0 Å². The van der Waals surface area contributed by atoms with Crippen molar-refractivity contribution in [2.45, 2.75) is 45.0 Å². The van der Waals surface area contributed by atoms with E-state index >= 15 is 0 Å². The Morgan fingerprint density at radius 2 is 2.00 bits per heavy atom. The fourth-order valence-electron chi connectivity index (χ4n) is 1.17. The van der Waals surface area contributed by atoms with Gasteiger partial charge in [0.05, 0.1) is 18.3 Å². The Labute approximate surface area is 55.8 Å². The predicted molar refractivity (Wildman–Crippen MR) is 35.2 cm³/mol. The van der Waals surface area contributed by atoms with Crippen LogP contribution in [0, 0.1) is 0 Å². The molecule has 9 heavy (non-hydrogen) atoms. The lowest BCUT2D eigenvalue weighted by Gasteiger charge is -2.29. The van der Waals surface area contributed by atoms with Gasteiger partial charge in [-0.2, -0.15) is 0 Å². The molecule has 3 atom stereocenters. The molecular formula is C7H14O2. The monoisotopic (exact) mass is 130 g/mol. The Morgan fingerprint density at radius 3 is 2.44 bits per heavy atom. The van der Waals surface area contributed by atoms with Crippen molar-refractivity contribution in [3.8, 4) is 0 Å². The second-order valence-corrected chi connectivity index (χ2v) is 2.80. The second kappa shape index (κ2) is 2.67. The topological polar surface area (TPSA) is 29.5 Å². The van der Waals surface area contributed by atoms with Gasteiger partial charge in [-0.1, -0.05) is 0 Å². The average molecular weight is 130 g/mol. The molecule has 1 saturated heterocycles. The third-order valence-corrected chi connectivity index (χ3v) is 1.86. The zero-order valence-electron chi connectivity index (χ0n) is 6.00. The van der Waals surface area contributed by atoms with Crippen molar-refractivity contribution in [3.63, 3.8) is 0 Å². The van der Waals surface area contributed by atoms with E-state index in [4.69, 9.17) is 4.74 Å². The van der Waals surface area contributed by atoms with Gasteiger partial charge in [0.2, 0.25) is 0 Å². The summed E-state index contributed by atoms with van der Waals surface area (Å²) >= 11 is 0. The summed E-state index contributed by atoms with van der Waals surface area (Å²) in [4.78, 5) is 0. The number of hydrogen-bond acceptors (Lipinski definition) is 2. The van der Waals surface area contributed by atoms with Crippen LogP contribution < -0.4 is 0 Å². The van der Waals surface area contributed by atoms with Crippen molar-refractivity contribution >= 4 is 0 Å². The van der Waals surface area contributed by atoms with E-state index in [0.717, 1.165) is 12.8 Å². The third kappa shape index (κ3) is 1.66. The molecule has 0 aromatic carbocycles. The highest BCUT2D eigenvalue weighted by Crippen LogP contribution is 2.18. The van der Waals surface area contributed by atoms with Gasteiger partial charge < -0.3 is 9.84 Å². The Hall–Kier alpha value is -0.0800. The maximum absolute atomic E-state index is 9.17. The molecule has 1 unspecified atom stereocenters. The molecule has 1 aliphatic rings. The van der Waals surface area contributed by atoms with Crippen LogP contribution >= 0.6 is 0 Å². The minimum atomic E-state index is -0.235. The summed E-state index contributed by atoms with van der Waals surface area (Å²) in [5, 5.41) is 9.17. The van der Waals surface area contributed by atoms with Crippen molar-refractivity contribution in [2.75, 3.05) is 0 Å². The number of rotatable bonds is 0. The Kier molecular flexibility index (Phi) is 2.09. The molecule has 1 N–H and O–H groups in total. The summed E-state index contributed by atoms with van der Waals surface area (Å²) in [6.45, 7) is 3.96. The first-order chi connectivity index (χ1) is 4.20. The first-order valence-corrected chi connectivity index (χ1v) is 3.53. The van der Waals surface area contributed by atoms with Crippen LogP contribution in [0.5, 0.6) is 0 Å². The van der Waals surface area contributed by atoms with Crippen LogP contribution in [-0.4, -0.2) is 23.4 Å². The van der Waals surface area contributed by atoms with Gasteiger partial charge in [0.25, 0.3) is 0 Å². The molecule has 1 aliphatic heterocycles. The van der Waals surface area contributed by atoms with E-state index in [1.54, 1.807) is 0 Å². The van der Waals surface area contributed by atoms with E-state index in [-0.39, 0.29) is 12.2 Å².